The van der Waals surface area contributed by atoms with Gasteiger partial charge in [-0.05, 0) is 37.2 Å². The Morgan fingerprint density at radius 3 is 2.83 bits per heavy atom. The zero-order valence-electron chi connectivity index (χ0n) is 12.6. The molecule has 0 unspecified atom stereocenters. The number of nitrogens with one attached hydrogen (secondary N) is 1. The normalized spacial score (nSPS) is 26.3. The van der Waals surface area contributed by atoms with Crippen molar-refractivity contribution in [3.8, 4) is 5.88 Å². The van der Waals surface area contributed by atoms with Gasteiger partial charge in [-0.25, -0.2) is 4.98 Å². The Kier molecular flexibility index (Phi) is 4.46. The van der Waals surface area contributed by atoms with E-state index < -0.39 is 12.8 Å². The molecule has 1 N–H and O–H groups in total. The van der Waals surface area contributed by atoms with Crippen molar-refractivity contribution in [1.29, 1.82) is 0 Å². The van der Waals surface area contributed by atoms with Gasteiger partial charge in [0.1, 0.15) is 0 Å². The monoisotopic (exact) mass is 328 g/mol. The second-order valence-electron chi connectivity index (χ2n) is 6.37. The van der Waals surface area contributed by atoms with Crippen LogP contribution in [0.25, 0.3) is 0 Å². The number of nitrogens with zero attached hydrogens (tertiary/aromatic N) is 1. The summed E-state index contributed by atoms with van der Waals surface area (Å²) in [5, 5.41) is 2.82. The summed E-state index contributed by atoms with van der Waals surface area (Å²) in [4.78, 5) is 16.1. The third kappa shape index (κ3) is 3.95. The van der Waals surface area contributed by atoms with Crippen LogP contribution in [0.3, 0.4) is 0 Å². The number of fused-ring (bicyclic) bond motifs is 2. The van der Waals surface area contributed by atoms with Crippen LogP contribution in [0.2, 0.25) is 0 Å². The number of carbonyl (C=O) groups is 1. The van der Waals surface area contributed by atoms with Crippen LogP contribution in [0.15, 0.2) is 18.3 Å². The molecule has 3 atom stereocenters. The molecule has 2 saturated carbocycles. The molecule has 2 bridgehead atoms. The standard InChI is InChI=1S/C16H19F3N2O2/c17-16(18,19)9-23-15-12(2-1-5-20-15)8-21-14(22)13-7-10-3-4-11(13)6-10/h1-2,5,10-11,13H,3-4,6-9H2,(H,21,22)/t10-,11-,13-/m0/s1. The Morgan fingerprint density at radius 1 is 1.35 bits per heavy atom. The van der Waals surface area contributed by atoms with E-state index in [0.717, 1.165) is 19.3 Å². The lowest BCUT2D eigenvalue weighted by molar-refractivity contribution is -0.154. The van der Waals surface area contributed by atoms with Gasteiger partial charge in [-0.1, -0.05) is 12.5 Å². The van der Waals surface area contributed by atoms with E-state index in [9.17, 15) is 18.0 Å². The maximum absolute atomic E-state index is 12.3. The van der Waals surface area contributed by atoms with Crippen LogP contribution < -0.4 is 10.1 Å². The molecule has 0 aliphatic heterocycles. The zero-order chi connectivity index (χ0) is 16.4. The maximum Gasteiger partial charge on any atom is 0.422 e. The fourth-order valence-corrected chi connectivity index (χ4v) is 3.72. The average Bonchev–Trinajstić information content (AvgIpc) is 3.13. The van der Waals surface area contributed by atoms with E-state index in [1.807, 2.05) is 0 Å². The molecule has 3 rings (SSSR count). The Bertz CT molecular complexity index is 577. The first-order valence-corrected chi connectivity index (χ1v) is 7.83. The minimum atomic E-state index is -4.42. The Hall–Kier alpha value is -1.79. The first-order valence-electron chi connectivity index (χ1n) is 7.83. The molecule has 0 radical (unpaired) electrons. The first-order chi connectivity index (χ1) is 10.9. The number of carbonyl (C=O) groups excluding carboxylic acids is 1. The highest BCUT2D eigenvalue weighted by atomic mass is 19.4. The number of pyridine rings is 1. The van der Waals surface area contributed by atoms with Crippen molar-refractivity contribution in [2.24, 2.45) is 17.8 Å². The Labute approximate surface area is 132 Å². The number of hydrogen-bond donors (Lipinski definition) is 1. The lowest BCUT2D eigenvalue weighted by atomic mass is 9.88. The minimum Gasteiger partial charge on any atom is -0.468 e. The molecule has 7 heteroatoms. The van der Waals surface area contributed by atoms with Crippen molar-refractivity contribution < 1.29 is 22.7 Å². The van der Waals surface area contributed by atoms with Gasteiger partial charge in [0.2, 0.25) is 11.8 Å². The molecule has 2 aliphatic rings. The molecule has 1 heterocycles. The summed E-state index contributed by atoms with van der Waals surface area (Å²) in [6, 6.07) is 3.22. The summed E-state index contributed by atoms with van der Waals surface area (Å²) < 4.78 is 41.5. The fourth-order valence-electron chi connectivity index (χ4n) is 3.72. The number of aromatic nitrogens is 1. The number of alkyl halides is 3. The van der Waals surface area contributed by atoms with Crippen LogP contribution in [-0.2, 0) is 11.3 Å². The molecule has 0 spiro atoms. The van der Waals surface area contributed by atoms with Gasteiger partial charge in [-0.15, -0.1) is 0 Å². The molecular weight excluding hydrogens is 309 g/mol. The van der Waals surface area contributed by atoms with Gasteiger partial charge < -0.3 is 10.1 Å². The SMILES string of the molecule is O=C(NCc1cccnc1OCC(F)(F)F)[C@H]1C[C@H]2CC[C@H]1C2. The quantitative estimate of drug-likeness (QED) is 0.904. The molecule has 1 aromatic heterocycles. The summed E-state index contributed by atoms with van der Waals surface area (Å²) in [5.41, 5.74) is 0.452. The van der Waals surface area contributed by atoms with E-state index in [-0.39, 0.29) is 24.2 Å². The van der Waals surface area contributed by atoms with Gasteiger partial charge in [0.15, 0.2) is 6.61 Å². The summed E-state index contributed by atoms with van der Waals surface area (Å²) in [6.45, 7) is -1.26. The van der Waals surface area contributed by atoms with Gasteiger partial charge in [0.05, 0.1) is 0 Å². The maximum atomic E-state index is 12.3. The van der Waals surface area contributed by atoms with Crippen molar-refractivity contribution in [3.63, 3.8) is 0 Å². The van der Waals surface area contributed by atoms with E-state index in [1.165, 1.54) is 12.6 Å². The molecule has 2 fully saturated rings. The number of halogens is 3. The average molecular weight is 328 g/mol. The van der Waals surface area contributed by atoms with Gasteiger partial charge in [-0.2, -0.15) is 13.2 Å². The van der Waals surface area contributed by atoms with E-state index in [0.29, 0.717) is 17.4 Å². The summed E-state index contributed by atoms with van der Waals surface area (Å²) in [6.07, 6.45) is 1.34. The first kappa shape index (κ1) is 16.1. The zero-order valence-corrected chi connectivity index (χ0v) is 12.6. The largest absolute Gasteiger partial charge is 0.468 e. The van der Waals surface area contributed by atoms with Crippen LogP contribution in [-0.4, -0.2) is 23.7 Å². The van der Waals surface area contributed by atoms with E-state index >= 15 is 0 Å². The highest BCUT2D eigenvalue weighted by molar-refractivity contribution is 5.79. The van der Waals surface area contributed by atoms with Crippen molar-refractivity contribution >= 4 is 5.91 Å². The second-order valence-corrected chi connectivity index (χ2v) is 6.37. The van der Waals surface area contributed by atoms with Gasteiger partial charge >= 0.3 is 6.18 Å². The molecule has 1 aromatic rings. The molecule has 0 aromatic carbocycles. The Morgan fingerprint density at radius 2 is 2.17 bits per heavy atom. The summed E-state index contributed by atoms with van der Waals surface area (Å²) in [5.74, 6) is 1.08. The highest BCUT2D eigenvalue weighted by Crippen LogP contribution is 2.48. The predicted molar refractivity (Wildman–Crippen MR) is 76.6 cm³/mol. The van der Waals surface area contributed by atoms with Crippen LogP contribution in [0.1, 0.15) is 31.2 Å². The van der Waals surface area contributed by atoms with Crippen LogP contribution in [0.4, 0.5) is 13.2 Å². The van der Waals surface area contributed by atoms with Crippen molar-refractivity contribution in [1.82, 2.24) is 10.3 Å². The van der Waals surface area contributed by atoms with Crippen LogP contribution >= 0.6 is 0 Å². The third-order valence-electron chi connectivity index (χ3n) is 4.75. The van der Waals surface area contributed by atoms with Crippen molar-refractivity contribution in [3.05, 3.63) is 23.9 Å². The molecular formula is C16H19F3N2O2. The molecule has 4 nitrogen and oxygen atoms in total. The number of amides is 1. The Balaban J connectivity index is 1.56. The second kappa shape index (κ2) is 6.37. The highest BCUT2D eigenvalue weighted by Gasteiger charge is 2.42. The van der Waals surface area contributed by atoms with Gasteiger partial charge in [0, 0.05) is 24.2 Å². The number of ether oxygens (including phenoxy) is 1. The van der Waals surface area contributed by atoms with Gasteiger partial charge in [-0.3, -0.25) is 4.79 Å². The van der Waals surface area contributed by atoms with Crippen LogP contribution in [0.5, 0.6) is 5.88 Å². The lowest BCUT2D eigenvalue weighted by Crippen LogP contribution is -2.33. The molecule has 23 heavy (non-hydrogen) atoms. The number of rotatable bonds is 5. The summed E-state index contributed by atoms with van der Waals surface area (Å²) >= 11 is 0. The van der Waals surface area contributed by atoms with E-state index in [2.05, 4.69) is 10.3 Å². The van der Waals surface area contributed by atoms with Crippen LogP contribution in [0, 0.1) is 17.8 Å². The van der Waals surface area contributed by atoms with Crippen molar-refractivity contribution in [2.45, 2.75) is 38.4 Å². The van der Waals surface area contributed by atoms with E-state index in [1.54, 1.807) is 12.1 Å². The number of hydrogen-bond acceptors (Lipinski definition) is 3. The smallest absolute Gasteiger partial charge is 0.422 e. The van der Waals surface area contributed by atoms with Gasteiger partial charge in [0.25, 0.3) is 0 Å². The molecule has 0 saturated heterocycles. The predicted octanol–water partition coefficient (Wildman–Crippen LogP) is 3.08. The molecule has 1 amide bonds. The lowest BCUT2D eigenvalue weighted by Gasteiger charge is -2.21. The fraction of sp³-hybridized carbons (Fsp3) is 0.625. The molecule has 126 valence electrons. The van der Waals surface area contributed by atoms with Crippen molar-refractivity contribution in [2.75, 3.05) is 6.61 Å². The van der Waals surface area contributed by atoms with E-state index in [4.69, 9.17) is 4.74 Å². The minimum absolute atomic E-state index is 0.0113. The summed E-state index contributed by atoms with van der Waals surface area (Å²) in [7, 11) is 0. The topological polar surface area (TPSA) is 51.2 Å². The molecule has 2 aliphatic carbocycles. The third-order valence-corrected chi connectivity index (χ3v) is 4.75.